The van der Waals surface area contributed by atoms with Crippen molar-refractivity contribution in [3.63, 3.8) is 0 Å². The predicted octanol–water partition coefficient (Wildman–Crippen LogP) is 2.92. The van der Waals surface area contributed by atoms with Crippen molar-refractivity contribution in [2.24, 2.45) is 5.92 Å². The fourth-order valence-corrected chi connectivity index (χ4v) is 5.38. The number of hydrogen-bond donors (Lipinski definition) is 0. The van der Waals surface area contributed by atoms with E-state index in [4.69, 9.17) is 16.6 Å². The number of aromatic nitrogens is 2. The maximum Gasteiger partial charge on any atom is 0.216 e. The summed E-state index contributed by atoms with van der Waals surface area (Å²) in [6.07, 6.45) is 5.35. The van der Waals surface area contributed by atoms with Crippen molar-refractivity contribution < 1.29 is 8.42 Å². The molecule has 1 aromatic heterocycles. The maximum atomic E-state index is 12.3. The fraction of sp³-hybridized carbons (Fsp3) is 0.556. The zero-order valence-corrected chi connectivity index (χ0v) is 16.4. The lowest BCUT2D eigenvalue weighted by Gasteiger charge is -2.34. The van der Waals surface area contributed by atoms with E-state index in [2.05, 4.69) is 9.88 Å². The molecule has 2 heterocycles. The first kappa shape index (κ1) is 17.9. The Morgan fingerprint density at radius 3 is 2.62 bits per heavy atom. The van der Waals surface area contributed by atoms with Crippen molar-refractivity contribution in [3.05, 3.63) is 29.4 Å². The van der Waals surface area contributed by atoms with Crippen molar-refractivity contribution in [2.45, 2.75) is 30.9 Å². The van der Waals surface area contributed by atoms with Crippen LogP contribution in [0.25, 0.3) is 11.0 Å². The molecule has 0 unspecified atom stereocenters. The van der Waals surface area contributed by atoms with Crippen LogP contribution in [0, 0.1) is 5.92 Å². The van der Waals surface area contributed by atoms with Gasteiger partial charge >= 0.3 is 0 Å². The maximum absolute atomic E-state index is 12.3. The van der Waals surface area contributed by atoms with Gasteiger partial charge in [0.2, 0.25) is 10.0 Å². The minimum atomic E-state index is -3.07. The fourth-order valence-electron chi connectivity index (χ4n) is 3.56. The third kappa shape index (κ3) is 3.66. The summed E-state index contributed by atoms with van der Waals surface area (Å²) in [7, 11) is -1.35. The number of benzene rings is 1. The van der Waals surface area contributed by atoms with Gasteiger partial charge in [-0.25, -0.2) is 17.7 Å². The highest BCUT2D eigenvalue weighted by molar-refractivity contribution is 7.90. The summed E-state index contributed by atoms with van der Waals surface area (Å²) < 4.78 is 26.2. The quantitative estimate of drug-likeness (QED) is 0.780. The Kier molecular flexibility index (Phi) is 4.79. The van der Waals surface area contributed by atoms with Gasteiger partial charge < -0.3 is 4.90 Å². The zero-order valence-electron chi connectivity index (χ0n) is 14.8. The third-order valence-electron chi connectivity index (χ3n) is 5.33. The van der Waals surface area contributed by atoms with Crippen LogP contribution in [0.3, 0.4) is 0 Å². The normalized spacial score (nSPS) is 19.4. The molecule has 0 radical (unpaired) electrons. The minimum absolute atomic E-state index is 0.131. The molecule has 140 valence electrons. The van der Waals surface area contributed by atoms with Gasteiger partial charge in [-0.2, -0.15) is 0 Å². The second-order valence-electron chi connectivity index (χ2n) is 7.32. The van der Waals surface area contributed by atoms with E-state index in [1.807, 2.05) is 18.2 Å². The van der Waals surface area contributed by atoms with E-state index in [1.165, 1.54) is 0 Å². The molecule has 0 bridgehead atoms. The number of halogens is 1. The Labute approximate surface area is 159 Å². The van der Waals surface area contributed by atoms with Gasteiger partial charge in [0.1, 0.15) is 5.82 Å². The van der Waals surface area contributed by atoms with Crippen molar-refractivity contribution in [3.8, 4) is 0 Å². The first-order valence-electron chi connectivity index (χ1n) is 9.06. The standard InChI is InChI=1S/C18H23ClN4O2S/c1-22(26(24,25)15-3-4-15)12-13-6-8-23(9-7-13)18-11-20-17-10-14(19)2-5-16(17)21-18/h2,5,10-11,13,15H,3-4,6-9,12H2,1H3. The van der Waals surface area contributed by atoms with Crippen LogP contribution in [-0.2, 0) is 10.0 Å². The van der Waals surface area contributed by atoms with Crippen LogP contribution < -0.4 is 4.90 Å². The summed E-state index contributed by atoms with van der Waals surface area (Å²) in [5, 5.41) is 0.527. The molecule has 0 N–H and O–H groups in total. The highest BCUT2D eigenvalue weighted by atomic mass is 35.5. The molecular weight excluding hydrogens is 372 g/mol. The molecule has 4 rings (SSSR count). The Morgan fingerprint density at radius 2 is 1.92 bits per heavy atom. The van der Waals surface area contributed by atoms with Gasteiger partial charge in [0.15, 0.2) is 0 Å². The molecular formula is C18H23ClN4O2S. The summed E-state index contributed by atoms with van der Waals surface area (Å²) in [5.41, 5.74) is 1.63. The van der Waals surface area contributed by atoms with Crippen LogP contribution in [0.4, 0.5) is 5.82 Å². The molecule has 8 heteroatoms. The molecule has 26 heavy (non-hydrogen) atoms. The summed E-state index contributed by atoms with van der Waals surface area (Å²) in [5.74, 6) is 1.27. The van der Waals surface area contributed by atoms with Crippen LogP contribution in [-0.4, -0.2) is 54.6 Å². The number of rotatable bonds is 5. The number of anilines is 1. The van der Waals surface area contributed by atoms with Crippen molar-refractivity contribution in [1.29, 1.82) is 0 Å². The lowest BCUT2D eigenvalue weighted by atomic mass is 9.97. The molecule has 1 aromatic carbocycles. The second-order valence-corrected chi connectivity index (χ2v) is 10.1. The third-order valence-corrected chi connectivity index (χ3v) is 7.89. The monoisotopic (exact) mass is 394 g/mol. The van der Waals surface area contributed by atoms with Gasteiger partial charge in [0, 0.05) is 31.7 Å². The molecule has 0 atom stereocenters. The van der Waals surface area contributed by atoms with E-state index >= 15 is 0 Å². The summed E-state index contributed by atoms with van der Waals surface area (Å²) in [4.78, 5) is 11.4. The van der Waals surface area contributed by atoms with Crippen LogP contribution in [0.15, 0.2) is 24.4 Å². The van der Waals surface area contributed by atoms with E-state index < -0.39 is 10.0 Å². The van der Waals surface area contributed by atoms with Gasteiger partial charge in [-0.1, -0.05) is 11.6 Å². The Bertz CT molecular complexity index is 909. The van der Waals surface area contributed by atoms with Crippen LogP contribution in [0.5, 0.6) is 0 Å². The highest BCUT2D eigenvalue weighted by Crippen LogP contribution is 2.32. The van der Waals surface area contributed by atoms with Crippen molar-refractivity contribution in [1.82, 2.24) is 14.3 Å². The first-order chi connectivity index (χ1) is 12.4. The lowest BCUT2D eigenvalue weighted by molar-refractivity contribution is 0.327. The molecule has 1 aliphatic carbocycles. The van der Waals surface area contributed by atoms with Crippen LogP contribution >= 0.6 is 11.6 Å². The lowest BCUT2D eigenvalue weighted by Crippen LogP contribution is -2.40. The molecule has 2 aromatic rings. The molecule has 1 saturated heterocycles. The smallest absolute Gasteiger partial charge is 0.216 e. The molecule has 1 aliphatic heterocycles. The summed E-state index contributed by atoms with van der Waals surface area (Å²) in [6, 6.07) is 5.53. The number of hydrogen-bond acceptors (Lipinski definition) is 5. The second kappa shape index (κ2) is 6.94. The predicted molar refractivity (Wildman–Crippen MR) is 104 cm³/mol. The SMILES string of the molecule is CN(CC1CCN(c2cnc3cc(Cl)ccc3n2)CC1)S(=O)(=O)C1CC1. The van der Waals surface area contributed by atoms with Crippen LogP contribution in [0.2, 0.25) is 5.02 Å². The molecule has 6 nitrogen and oxygen atoms in total. The first-order valence-corrected chi connectivity index (χ1v) is 10.9. The number of piperidine rings is 1. The molecule has 1 saturated carbocycles. The van der Waals surface area contributed by atoms with Crippen molar-refractivity contribution >= 4 is 38.5 Å². The minimum Gasteiger partial charge on any atom is -0.355 e. The van der Waals surface area contributed by atoms with E-state index in [9.17, 15) is 8.42 Å². The molecule has 2 fully saturated rings. The van der Waals surface area contributed by atoms with Crippen LogP contribution in [0.1, 0.15) is 25.7 Å². The van der Waals surface area contributed by atoms with Gasteiger partial charge in [0.05, 0.1) is 22.5 Å². The molecule has 0 amide bonds. The Morgan fingerprint density at radius 1 is 1.19 bits per heavy atom. The highest BCUT2D eigenvalue weighted by Gasteiger charge is 2.39. The topological polar surface area (TPSA) is 66.4 Å². The van der Waals surface area contributed by atoms with E-state index in [0.717, 1.165) is 55.6 Å². The van der Waals surface area contributed by atoms with Gasteiger partial charge in [-0.15, -0.1) is 0 Å². The largest absolute Gasteiger partial charge is 0.355 e. The molecule has 2 aliphatic rings. The summed E-state index contributed by atoms with van der Waals surface area (Å²) >= 11 is 6.00. The number of fused-ring (bicyclic) bond motifs is 1. The van der Waals surface area contributed by atoms with Gasteiger partial charge in [0.25, 0.3) is 0 Å². The Balaban J connectivity index is 1.38. The Hall–Kier alpha value is -1.44. The number of sulfonamides is 1. The van der Waals surface area contributed by atoms with E-state index in [1.54, 1.807) is 17.5 Å². The van der Waals surface area contributed by atoms with Gasteiger partial charge in [-0.05, 0) is 49.8 Å². The zero-order chi connectivity index (χ0) is 18.3. The number of nitrogens with zero attached hydrogens (tertiary/aromatic N) is 4. The van der Waals surface area contributed by atoms with Crippen molar-refractivity contribution in [2.75, 3.05) is 31.6 Å². The van der Waals surface area contributed by atoms with E-state index in [0.29, 0.717) is 17.5 Å². The van der Waals surface area contributed by atoms with E-state index in [-0.39, 0.29) is 5.25 Å². The summed E-state index contributed by atoms with van der Waals surface area (Å²) in [6.45, 7) is 2.36. The average Bonchev–Trinajstić information content (AvgIpc) is 3.47. The molecule has 0 spiro atoms. The van der Waals surface area contributed by atoms with Gasteiger partial charge in [-0.3, -0.25) is 4.98 Å². The average molecular weight is 395 g/mol.